The van der Waals surface area contributed by atoms with E-state index in [1.165, 1.54) is 36.0 Å². The van der Waals surface area contributed by atoms with Gasteiger partial charge < -0.3 is 0 Å². The molecular formula is C28H31N3O. The van der Waals surface area contributed by atoms with Crippen LogP contribution in [0.25, 0.3) is 0 Å². The number of carbonyl (C=O) groups excluding carboxylic acids is 1. The lowest BCUT2D eigenvalue weighted by Crippen LogP contribution is -2.33. The van der Waals surface area contributed by atoms with Gasteiger partial charge in [0.2, 0.25) is 0 Å². The Bertz CT molecular complexity index is 1020. The van der Waals surface area contributed by atoms with Crippen LogP contribution in [0.2, 0.25) is 0 Å². The molecular weight excluding hydrogens is 394 g/mol. The third-order valence-electron chi connectivity index (χ3n) is 6.15. The van der Waals surface area contributed by atoms with E-state index < -0.39 is 0 Å². The van der Waals surface area contributed by atoms with Gasteiger partial charge in [-0.15, -0.1) is 0 Å². The van der Waals surface area contributed by atoms with E-state index in [2.05, 4.69) is 57.9 Å². The summed E-state index contributed by atoms with van der Waals surface area (Å²) in [6.07, 6.45) is 5.33. The first-order valence-electron chi connectivity index (χ1n) is 11.4. The van der Waals surface area contributed by atoms with E-state index in [1.54, 1.807) is 6.21 Å². The molecule has 1 aliphatic rings. The minimum absolute atomic E-state index is 0.193. The molecule has 3 aromatic carbocycles. The molecule has 0 radical (unpaired) electrons. The van der Waals surface area contributed by atoms with Gasteiger partial charge in [-0.05, 0) is 74.0 Å². The Morgan fingerprint density at radius 1 is 0.938 bits per heavy atom. The Balaban J connectivity index is 1.22. The number of aryl methyl sites for hydroxylation is 1. The summed E-state index contributed by atoms with van der Waals surface area (Å²) in [5.41, 5.74) is 8.07. The molecule has 1 N–H and O–H groups in total. The Kier molecular flexibility index (Phi) is 7.47. The standard InChI is InChI=1S/C28H31N3O/c1-22-7-9-25(10-8-22)20-29-30-28(32)27-13-11-26(12-14-27)21-31-17-15-24(16-18-31)19-23-5-3-2-4-6-23/h2-14,20,24H,15-19,21H2,1H3,(H,30,32)/b29-20-. The molecule has 4 heteroatoms. The molecule has 32 heavy (non-hydrogen) atoms. The van der Waals surface area contributed by atoms with E-state index in [-0.39, 0.29) is 5.91 Å². The van der Waals surface area contributed by atoms with Crippen molar-refractivity contribution in [2.45, 2.75) is 32.7 Å². The van der Waals surface area contributed by atoms with Crippen molar-refractivity contribution in [1.29, 1.82) is 0 Å². The van der Waals surface area contributed by atoms with E-state index in [1.807, 2.05) is 43.3 Å². The van der Waals surface area contributed by atoms with Crippen LogP contribution in [0.5, 0.6) is 0 Å². The van der Waals surface area contributed by atoms with Crippen molar-refractivity contribution in [3.05, 3.63) is 107 Å². The molecule has 1 aliphatic heterocycles. The zero-order valence-corrected chi connectivity index (χ0v) is 18.7. The van der Waals surface area contributed by atoms with Gasteiger partial charge in [0.05, 0.1) is 6.21 Å². The second-order valence-corrected chi connectivity index (χ2v) is 8.72. The number of benzene rings is 3. The zero-order valence-electron chi connectivity index (χ0n) is 18.7. The fourth-order valence-corrected chi connectivity index (χ4v) is 4.20. The van der Waals surface area contributed by atoms with Crippen molar-refractivity contribution in [3.63, 3.8) is 0 Å². The second kappa shape index (κ2) is 10.9. The molecule has 0 aromatic heterocycles. The van der Waals surface area contributed by atoms with Gasteiger partial charge in [-0.25, -0.2) is 5.43 Å². The second-order valence-electron chi connectivity index (χ2n) is 8.72. The summed E-state index contributed by atoms with van der Waals surface area (Å²) in [4.78, 5) is 14.9. The third-order valence-corrected chi connectivity index (χ3v) is 6.15. The Labute approximate surface area is 191 Å². The quantitative estimate of drug-likeness (QED) is 0.417. The lowest BCUT2D eigenvalue weighted by molar-refractivity contribution is 0.0955. The molecule has 0 bridgehead atoms. The van der Waals surface area contributed by atoms with Crippen molar-refractivity contribution in [1.82, 2.24) is 10.3 Å². The van der Waals surface area contributed by atoms with Gasteiger partial charge >= 0.3 is 0 Å². The SMILES string of the molecule is Cc1ccc(/C=N\NC(=O)c2ccc(CN3CCC(Cc4ccccc4)CC3)cc2)cc1. The smallest absolute Gasteiger partial charge is 0.271 e. The highest BCUT2D eigenvalue weighted by Crippen LogP contribution is 2.23. The number of likely N-dealkylation sites (tertiary alicyclic amines) is 1. The van der Waals surface area contributed by atoms with E-state index in [0.29, 0.717) is 5.56 Å². The summed E-state index contributed by atoms with van der Waals surface area (Å²) in [5, 5.41) is 4.07. The van der Waals surface area contributed by atoms with Gasteiger partial charge in [-0.3, -0.25) is 9.69 Å². The third kappa shape index (κ3) is 6.38. The Hall–Kier alpha value is -3.24. The predicted molar refractivity (Wildman–Crippen MR) is 131 cm³/mol. The molecule has 0 saturated carbocycles. The molecule has 3 aromatic rings. The van der Waals surface area contributed by atoms with Gasteiger partial charge in [0.15, 0.2) is 0 Å². The van der Waals surface area contributed by atoms with Crippen LogP contribution >= 0.6 is 0 Å². The lowest BCUT2D eigenvalue weighted by Gasteiger charge is -2.32. The van der Waals surface area contributed by atoms with Gasteiger partial charge in [-0.1, -0.05) is 72.3 Å². The molecule has 1 saturated heterocycles. The average molecular weight is 426 g/mol. The molecule has 0 unspecified atom stereocenters. The van der Waals surface area contributed by atoms with Gasteiger partial charge in [0.1, 0.15) is 0 Å². The van der Waals surface area contributed by atoms with E-state index in [4.69, 9.17) is 0 Å². The van der Waals surface area contributed by atoms with Crippen molar-refractivity contribution in [3.8, 4) is 0 Å². The molecule has 0 aliphatic carbocycles. The molecule has 1 heterocycles. The van der Waals surface area contributed by atoms with Crippen LogP contribution in [-0.2, 0) is 13.0 Å². The van der Waals surface area contributed by atoms with Crippen LogP contribution in [0.15, 0.2) is 84.0 Å². The van der Waals surface area contributed by atoms with Crippen LogP contribution in [0.3, 0.4) is 0 Å². The molecule has 4 rings (SSSR count). The molecule has 4 nitrogen and oxygen atoms in total. The normalized spacial score (nSPS) is 15.2. The number of hydrazone groups is 1. The fraction of sp³-hybridized carbons (Fsp3) is 0.286. The average Bonchev–Trinajstić information content (AvgIpc) is 2.83. The first-order chi connectivity index (χ1) is 15.7. The summed E-state index contributed by atoms with van der Waals surface area (Å²) in [7, 11) is 0. The van der Waals surface area contributed by atoms with Gasteiger partial charge in [-0.2, -0.15) is 5.10 Å². The predicted octanol–water partition coefficient (Wildman–Crippen LogP) is 5.21. The summed E-state index contributed by atoms with van der Waals surface area (Å²) in [6, 6.07) is 26.7. The lowest BCUT2D eigenvalue weighted by atomic mass is 9.90. The first kappa shape index (κ1) is 22.0. The van der Waals surface area contributed by atoms with Crippen molar-refractivity contribution in [2.24, 2.45) is 11.0 Å². The van der Waals surface area contributed by atoms with Crippen molar-refractivity contribution < 1.29 is 4.79 Å². The minimum Gasteiger partial charge on any atom is -0.299 e. The van der Waals surface area contributed by atoms with E-state index in [9.17, 15) is 4.79 Å². The van der Waals surface area contributed by atoms with Crippen LogP contribution in [0.4, 0.5) is 0 Å². The van der Waals surface area contributed by atoms with E-state index >= 15 is 0 Å². The highest BCUT2D eigenvalue weighted by atomic mass is 16.2. The van der Waals surface area contributed by atoms with Crippen LogP contribution in [-0.4, -0.2) is 30.1 Å². The van der Waals surface area contributed by atoms with Gasteiger partial charge in [0.25, 0.3) is 5.91 Å². The van der Waals surface area contributed by atoms with Crippen LogP contribution in [0, 0.1) is 12.8 Å². The first-order valence-corrected chi connectivity index (χ1v) is 11.4. The maximum Gasteiger partial charge on any atom is 0.271 e. The van der Waals surface area contributed by atoms with Crippen LogP contribution in [0.1, 0.15) is 45.5 Å². The number of hydrogen-bond donors (Lipinski definition) is 1. The molecule has 0 atom stereocenters. The monoisotopic (exact) mass is 425 g/mol. The summed E-state index contributed by atoms with van der Waals surface area (Å²) in [5.74, 6) is 0.585. The maximum absolute atomic E-state index is 12.3. The number of nitrogens with one attached hydrogen (secondary N) is 1. The largest absolute Gasteiger partial charge is 0.299 e. The highest BCUT2D eigenvalue weighted by Gasteiger charge is 2.19. The summed E-state index contributed by atoms with van der Waals surface area (Å²) < 4.78 is 0. The summed E-state index contributed by atoms with van der Waals surface area (Å²) >= 11 is 0. The maximum atomic E-state index is 12.3. The van der Waals surface area contributed by atoms with Crippen LogP contribution < -0.4 is 5.43 Å². The Morgan fingerprint density at radius 3 is 2.31 bits per heavy atom. The molecule has 164 valence electrons. The number of nitrogens with zero attached hydrogens (tertiary/aromatic N) is 2. The number of piperidine rings is 1. The molecule has 0 spiro atoms. The van der Waals surface area contributed by atoms with Crippen molar-refractivity contribution >= 4 is 12.1 Å². The molecule has 1 amide bonds. The zero-order chi connectivity index (χ0) is 22.2. The number of amides is 1. The Morgan fingerprint density at radius 2 is 1.62 bits per heavy atom. The van der Waals surface area contributed by atoms with Gasteiger partial charge in [0, 0.05) is 12.1 Å². The van der Waals surface area contributed by atoms with E-state index in [0.717, 1.165) is 31.1 Å². The summed E-state index contributed by atoms with van der Waals surface area (Å²) in [6.45, 7) is 5.24. The fourth-order valence-electron chi connectivity index (χ4n) is 4.20. The molecule has 1 fully saturated rings. The van der Waals surface area contributed by atoms with Crippen molar-refractivity contribution in [2.75, 3.05) is 13.1 Å². The number of carbonyl (C=O) groups is 1. The number of hydrogen-bond acceptors (Lipinski definition) is 3. The highest BCUT2D eigenvalue weighted by molar-refractivity contribution is 5.94. The number of rotatable bonds is 7. The minimum atomic E-state index is -0.193. The topological polar surface area (TPSA) is 44.7 Å².